The molecule has 0 aromatic rings. The van der Waals surface area contributed by atoms with Gasteiger partial charge in [-0.3, -0.25) is 14.7 Å². The molecule has 4 saturated heterocycles. The molecule has 7 fully saturated rings. The highest BCUT2D eigenvalue weighted by Crippen LogP contribution is 2.45. The predicted molar refractivity (Wildman–Crippen MR) is 189 cm³/mol. The van der Waals surface area contributed by atoms with Crippen molar-refractivity contribution in [3.05, 3.63) is 0 Å². The normalized spacial score (nSPS) is 29.7. The van der Waals surface area contributed by atoms with Crippen molar-refractivity contribution >= 4 is 0 Å². The zero-order valence-electron chi connectivity index (χ0n) is 32.3. The molecule has 0 spiro atoms. The Balaban J connectivity index is 0.000000194. The maximum absolute atomic E-state index is 12.7. The van der Waals surface area contributed by atoms with Crippen molar-refractivity contribution in [2.24, 2.45) is 28.6 Å². The second kappa shape index (κ2) is 15.3. The molecule has 3 aliphatic carbocycles. The number of alkyl halides is 2. The van der Waals surface area contributed by atoms with E-state index in [0.29, 0.717) is 21.9 Å². The smallest absolute Gasteiger partial charge is 0.145 e. The van der Waals surface area contributed by atoms with Crippen LogP contribution in [0.3, 0.4) is 0 Å². The van der Waals surface area contributed by atoms with Gasteiger partial charge in [-0.2, -0.15) is 0 Å². The Morgan fingerprint density at radius 1 is 0.477 bits per heavy atom. The highest BCUT2D eigenvalue weighted by Gasteiger charge is 2.46. The second-order valence-electron chi connectivity index (χ2n) is 20.1. The molecule has 3 nitrogen and oxygen atoms in total. The molecule has 4 aliphatic heterocycles. The first-order valence-electron chi connectivity index (χ1n) is 18.3. The van der Waals surface area contributed by atoms with Crippen LogP contribution in [0.5, 0.6) is 0 Å². The van der Waals surface area contributed by atoms with E-state index in [1.54, 1.807) is 0 Å². The monoisotopic (exact) mass is 626 g/mol. The van der Waals surface area contributed by atoms with Gasteiger partial charge in [-0.25, -0.2) is 8.78 Å². The first kappa shape index (κ1) is 39.9. The molecule has 5 heteroatoms. The number of nitrogens with zero attached hydrogens (tertiary/aromatic N) is 3. The van der Waals surface area contributed by atoms with Crippen LogP contribution in [0.4, 0.5) is 8.78 Å². The molecule has 262 valence electrons. The van der Waals surface area contributed by atoms with Crippen LogP contribution in [0.1, 0.15) is 155 Å². The molecule has 7 rings (SSSR count). The van der Waals surface area contributed by atoms with Crippen LogP contribution in [0.15, 0.2) is 0 Å². The third-order valence-electron chi connectivity index (χ3n) is 11.0. The van der Waals surface area contributed by atoms with Crippen molar-refractivity contribution in [2.75, 3.05) is 32.7 Å². The molecular formula is C39H77F2N3. The Morgan fingerprint density at radius 2 is 0.886 bits per heavy atom. The molecule has 7 aliphatic rings. The minimum Gasteiger partial charge on any atom is -0.298 e. The lowest BCUT2D eigenvalue weighted by atomic mass is 9.69. The van der Waals surface area contributed by atoms with E-state index in [9.17, 15) is 8.78 Å². The summed E-state index contributed by atoms with van der Waals surface area (Å²) in [7, 11) is 0. The van der Waals surface area contributed by atoms with Crippen molar-refractivity contribution < 1.29 is 8.78 Å². The average molecular weight is 626 g/mol. The minimum atomic E-state index is -1.28. The number of hydrogen-bond acceptors (Lipinski definition) is 3. The quantitative estimate of drug-likeness (QED) is 0.265. The van der Waals surface area contributed by atoms with Gasteiger partial charge in [0.15, 0.2) is 0 Å². The summed E-state index contributed by atoms with van der Waals surface area (Å²) in [5, 5.41) is 0. The molecule has 2 atom stereocenters. The highest BCUT2D eigenvalue weighted by atomic mass is 19.2. The number of halogens is 2. The van der Waals surface area contributed by atoms with Crippen LogP contribution in [-0.2, 0) is 0 Å². The van der Waals surface area contributed by atoms with Crippen LogP contribution in [0.25, 0.3) is 0 Å². The molecule has 0 N–H and O–H groups in total. The van der Waals surface area contributed by atoms with Gasteiger partial charge in [0.2, 0.25) is 0 Å². The summed E-state index contributed by atoms with van der Waals surface area (Å²) < 4.78 is 25.4. The van der Waals surface area contributed by atoms with E-state index in [1.165, 1.54) is 71.0 Å². The molecule has 2 bridgehead atoms. The van der Waals surface area contributed by atoms with Crippen LogP contribution < -0.4 is 0 Å². The lowest BCUT2D eigenvalue weighted by Gasteiger charge is -2.42. The Labute approximate surface area is 274 Å². The fourth-order valence-corrected chi connectivity index (χ4v) is 6.84. The Hall–Kier alpha value is -0.260. The van der Waals surface area contributed by atoms with E-state index in [-0.39, 0.29) is 18.6 Å². The van der Waals surface area contributed by atoms with Gasteiger partial charge in [0, 0.05) is 42.3 Å². The van der Waals surface area contributed by atoms with Crippen molar-refractivity contribution in [1.29, 1.82) is 0 Å². The van der Waals surface area contributed by atoms with E-state index in [2.05, 4.69) is 92.9 Å². The zero-order chi connectivity index (χ0) is 33.9. The second-order valence-corrected chi connectivity index (χ2v) is 20.1. The van der Waals surface area contributed by atoms with E-state index in [4.69, 9.17) is 0 Å². The Kier molecular flexibility index (Phi) is 13.9. The van der Waals surface area contributed by atoms with Crippen molar-refractivity contribution in [3.8, 4) is 0 Å². The largest absolute Gasteiger partial charge is 0.298 e. The topological polar surface area (TPSA) is 9.72 Å². The van der Waals surface area contributed by atoms with Gasteiger partial charge in [-0.05, 0) is 149 Å². The van der Waals surface area contributed by atoms with Crippen LogP contribution in [0.2, 0.25) is 0 Å². The summed E-state index contributed by atoms with van der Waals surface area (Å²) in [5.74, 6) is 3.14. The molecule has 0 unspecified atom stereocenters. The van der Waals surface area contributed by atoms with Gasteiger partial charge in [0.25, 0.3) is 0 Å². The van der Waals surface area contributed by atoms with Gasteiger partial charge in [-0.15, -0.1) is 0 Å². The van der Waals surface area contributed by atoms with Gasteiger partial charge in [-0.1, -0.05) is 48.0 Å². The molecule has 3 saturated carbocycles. The summed E-state index contributed by atoms with van der Waals surface area (Å²) in [5.41, 5.74) is 1.96. The zero-order valence-corrected chi connectivity index (χ0v) is 32.3. The lowest BCUT2D eigenvalue weighted by molar-refractivity contribution is 0.0690. The van der Waals surface area contributed by atoms with Gasteiger partial charge in [0.1, 0.15) is 12.3 Å². The third-order valence-corrected chi connectivity index (χ3v) is 11.0. The molecule has 0 aromatic heterocycles. The van der Waals surface area contributed by atoms with E-state index >= 15 is 0 Å². The molecule has 0 radical (unpaired) electrons. The van der Waals surface area contributed by atoms with E-state index in [0.717, 1.165) is 23.8 Å². The predicted octanol–water partition coefficient (Wildman–Crippen LogP) is 10.4. The Morgan fingerprint density at radius 3 is 0.977 bits per heavy atom. The molecule has 0 aromatic carbocycles. The van der Waals surface area contributed by atoms with Crippen LogP contribution in [0, 0.1) is 28.6 Å². The molecule has 4 heterocycles. The summed E-state index contributed by atoms with van der Waals surface area (Å²) in [6, 6.07) is 0.949. The number of hydrogen-bond donors (Lipinski definition) is 0. The maximum Gasteiger partial charge on any atom is 0.145 e. The van der Waals surface area contributed by atoms with E-state index in [1.807, 2.05) is 25.7 Å². The molecule has 0 amide bonds. The fourth-order valence-electron chi connectivity index (χ4n) is 6.84. The average Bonchev–Trinajstić information content (AvgIpc) is 3.22. The van der Waals surface area contributed by atoms with Crippen molar-refractivity contribution in [2.45, 2.75) is 190 Å². The van der Waals surface area contributed by atoms with Gasteiger partial charge >= 0.3 is 0 Å². The fraction of sp³-hybridized carbons (Fsp3) is 1.00. The van der Waals surface area contributed by atoms with Crippen molar-refractivity contribution in [1.82, 2.24) is 14.7 Å². The summed E-state index contributed by atoms with van der Waals surface area (Å²) in [6.45, 7) is 38.2. The van der Waals surface area contributed by atoms with Gasteiger partial charge in [0.05, 0.1) is 0 Å². The third kappa shape index (κ3) is 13.1. The van der Waals surface area contributed by atoms with Crippen LogP contribution in [-0.4, -0.2) is 82.4 Å². The standard InChI is InChI=1S/C9H17N.C8H15F2N.C8H16.C7H15N.C7H14/c1-9(2,3)10-6-7-4-8(10)5-7;1-8(2,3)11-4-6(9)7(10)5-11;1-8(2,3)7-5-4-6-7;1-7(2,3)8-5-4-6-8;1-7(2,3)6-4-5-6/h7-8H,4-6H2,1-3H3;6-7H,4-5H2,1-3H3;7H,4-6H2,1-3H3;4-6H2,1-3H3;6H,4-5H2,1-3H3/t;6-,7+;;;. The SMILES string of the molecule is CC(C)(C)C1CC1.CC(C)(C)C1CCC1.CC(C)(C)N1CC2CC1C2.CC(C)(C)N1CCC1.CC(C)(C)N1C[C@@H](F)[C@@H](F)C1. The van der Waals surface area contributed by atoms with Crippen LogP contribution >= 0.6 is 0 Å². The number of fused-ring (bicyclic) bond motifs is 1. The summed E-state index contributed by atoms with van der Waals surface area (Å²) >= 11 is 0. The number of rotatable bonds is 0. The lowest BCUT2D eigenvalue weighted by Crippen LogP contribution is -2.49. The minimum absolute atomic E-state index is 0.106. The highest BCUT2D eigenvalue weighted by molar-refractivity contribution is 5.01. The molecular weight excluding hydrogens is 548 g/mol. The first-order chi connectivity index (χ1) is 19.8. The summed E-state index contributed by atoms with van der Waals surface area (Å²) in [6.07, 6.45) is 9.18. The summed E-state index contributed by atoms with van der Waals surface area (Å²) in [4.78, 5) is 6.99. The molecule has 44 heavy (non-hydrogen) atoms. The van der Waals surface area contributed by atoms with Gasteiger partial charge < -0.3 is 0 Å². The number of likely N-dealkylation sites (tertiary alicyclic amines) is 2. The Bertz CT molecular complexity index is 786. The van der Waals surface area contributed by atoms with E-state index < -0.39 is 12.3 Å². The van der Waals surface area contributed by atoms with Crippen molar-refractivity contribution in [3.63, 3.8) is 0 Å². The first-order valence-corrected chi connectivity index (χ1v) is 18.3. The maximum atomic E-state index is 12.7.